The quantitative estimate of drug-likeness (QED) is 0.410. The van der Waals surface area contributed by atoms with Crippen LogP contribution in [-0.2, 0) is 28.5 Å². The van der Waals surface area contributed by atoms with E-state index in [9.17, 15) is 9.59 Å². The van der Waals surface area contributed by atoms with Gasteiger partial charge in [0.15, 0.2) is 5.79 Å². The summed E-state index contributed by atoms with van der Waals surface area (Å²) < 4.78 is 22.5. The summed E-state index contributed by atoms with van der Waals surface area (Å²) in [6.07, 6.45) is 10.3. The van der Waals surface area contributed by atoms with Crippen molar-refractivity contribution in [2.45, 2.75) is 52.4 Å². The van der Waals surface area contributed by atoms with E-state index >= 15 is 0 Å². The maximum atomic E-state index is 13.3. The van der Waals surface area contributed by atoms with Crippen molar-refractivity contribution in [2.24, 2.45) is 17.8 Å². The molecule has 7 heteroatoms. The van der Waals surface area contributed by atoms with E-state index in [4.69, 9.17) is 30.5 Å². The van der Waals surface area contributed by atoms with Gasteiger partial charge in [-0.05, 0) is 38.8 Å². The Bertz CT molecular complexity index is 971. The van der Waals surface area contributed by atoms with Crippen LogP contribution in [0, 0.1) is 17.8 Å². The van der Waals surface area contributed by atoms with Gasteiger partial charge in [0.2, 0.25) is 5.78 Å². The summed E-state index contributed by atoms with van der Waals surface area (Å²) in [4.78, 5) is 26.1. The lowest BCUT2D eigenvalue weighted by Crippen LogP contribution is -2.48. The Morgan fingerprint density at radius 1 is 1.34 bits per heavy atom. The molecular weight excluding hydrogens is 432 g/mol. The summed E-state index contributed by atoms with van der Waals surface area (Å²) in [6, 6.07) is 0. The lowest BCUT2D eigenvalue weighted by Gasteiger charge is -2.37. The molecule has 6 nitrogen and oxygen atoms in total. The highest BCUT2D eigenvalue weighted by Gasteiger charge is 2.68. The van der Waals surface area contributed by atoms with Crippen LogP contribution < -0.4 is 0 Å². The number of fused-ring (bicyclic) bond motifs is 3. The van der Waals surface area contributed by atoms with Crippen LogP contribution in [0.25, 0.3) is 0 Å². The summed E-state index contributed by atoms with van der Waals surface area (Å²) in [6.45, 7) is 9.58. The van der Waals surface area contributed by atoms with Crippen LogP contribution in [-0.4, -0.2) is 37.4 Å². The zero-order valence-corrected chi connectivity index (χ0v) is 20.4. The molecule has 1 aliphatic carbocycles. The van der Waals surface area contributed by atoms with Crippen LogP contribution in [0.15, 0.2) is 58.1 Å². The van der Waals surface area contributed by atoms with Crippen molar-refractivity contribution in [3.63, 3.8) is 0 Å². The number of rotatable bonds is 6. The van der Waals surface area contributed by atoms with Crippen molar-refractivity contribution >= 4 is 23.4 Å². The molecule has 0 aromatic heterocycles. The molecule has 0 aromatic carbocycles. The van der Waals surface area contributed by atoms with Crippen molar-refractivity contribution < 1.29 is 28.5 Å². The summed E-state index contributed by atoms with van der Waals surface area (Å²) >= 11 is 6.53. The molecule has 2 heterocycles. The molecule has 0 unspecified atom stereocenters. The van der Waals surface area contributed by atoms with E-state index in [1.165, 1.54) is 14.2 Å². The Hall–Kier alpha value is -2.15. The Kier molecular flexibility index (Phi) is 6.89. The molecule has 2 aliphatic heterocycles. The fourth-order valence-electron chi connectivity index (χ4n) is 4.63. The summed E-state index contributed by atoms with van der Waals surface area (Å²) in [5.74, 6) is -2.85. The van der Waals surface area contributed by atoms with Gasteiger partial charge in [-0.1, -0.05) is 49.6 Å². The number of carbonyl (C=O) groups excluding carboxylic acids is 2. The minimum atomic E-state index is -1.39. The van der Waals surface area contributed by atoms with Crippen molar-refractivity contribution in [1.29, 1.82) is 0 Å². The van der Waals surface area contributed by atoms with Gasteiger partial charge >= 0.3 is 5.97 Å². The van der Waals surface area contributed by atoms with Crippen molar-refractivity contribution in [3.8, 4) is 0 Å². The first-order valence-corrected chi connectivity index (χ1v) is 11.1. The molecule has 174 valence electrons. The third-order valence-corrected chi connectivity index (χ3v) is 6.99. The van der Waals surface area contributed by atoms with Crippen molar-refractivity contribution in [1.82, 2.24) is 0 Å². The zero-order chi connectivity index (χ0) is 23.8. The standard InChI is InChI=1S/C25H31ClO6/c1-8-14(2)11-15(3)9-10-16-12-17-18(13-31-16)19-20(23(28)29-6)25(5,30-7)32-24(19,4)22(27)21(17)26/h9-14,19-20H,8H2,1-7H3/b10-9+,15-11+/t14-,19+,20-,24+,25-/m0/s1. The summed E-state index contributed by atoms with van der Waals surface area (Å²) in [5, 5.41) is 0.0417. The lowest BCUT2D eigenvalue weighted by atomic mass is 9.67. The van der Waals surface area contributed by atoms with E-state index in [1.54, 1.807) is 26.2 Å². The van der Waals surface area contributed by atoms with E-state index in [1.807, 2.05) is 19.1 Å². The Morgan fingerprint density at radius 3 is 2.62 bits per heavy atom. The largest absolute Gasteiger partial charge is 0.469 e. The van der Waals surface area contributed by atoms with Gasteiger partial charge in [-0.3, -0.25) is 9.59 Å². The fourth-order valence-corrected chi connectivity index (χ4v) is 4.98. The van der Waals surface area contributed by atoms with Gasteiger partial charge in [-0.15, -0.1) is 0 Å². The molecule has 5 atom stereocenters. The molecule has 0 radical (unpaired) electrons. The molecule has 3 aliphatic rings. The minimum absolute atomic E-state index is 0.0417. The zero-order valence-electron chi connectivity index (χ0n) is 19.7. The highest BCUT2D eigenvalue weighted by molar-refractivity contribution is 6.45. The number of ether oxygens (including phenoxy) is 4. The van der Waals surface area contributed by atoms with Crippen LogP contribution in [0.2, 0.25) is 0 Å². The molecule has 3 rings (SSSR count). The van der Waals surface area contributed by atoms with Gasteiger partial charge in [0.25, 0.3) is 0 Å². The van der Waals surface area contributed by atoms with Crippen LogP contribution in [0.3, 0.4) is 0 Å². The van der Waals surface area contributed by atoms with Gasteiger partial charge in [-0.2, -0.15) is 0 Å². The highest BCUT2D eigenvalue weighted by atomic mass is 35.5. The molecule has 0 aromatic rings. The predicted molar refractivity (Wildman–Crippen MR) is 121 cm³/mol. The van der Waals surface area contributed by atoms with Crippen LogP contribution >= 0.6 is 11.6 Å². The Labute approximate surface area is 194 Å². The van der Waals surface area contributed by atoms with Gasteiger partial charge in [0.1, 0.15) is 17.3 Å². The summed E-state index contributed by atoms with van der Waals surface area (Å²) in [7, 11) is 2.73. The van der Waals surface area contributed by atoms with Gasteiger partial charge in [0.05, 0.1) is 18.4 Å². The normalized spacial score (nSPS) is 33.4. The second kappa shape index (κ2) is 9.00. The van der Waals surface area contributed by atoms with Crippen LogP contribution in [0.4, 0.5) is 0 Å². The average Bonchev–Trinajstić information content (AvgIpc) is 3.03. The number of hydrogen-bond acceptors (Lipinski definition) is 6. The van der Waals surface area contributed by atoms with Crippen LogP contribution in [0.1, 0.15) is 41.0 Å². The predicted octanol–water partition coefficient (Wildman–Crippen LogP) is 4.97. The van der Waals surface area contributed by atoms with Crippen LogP contribution in [0.5, 0.6) is 0 Å². The molecule has 0 bridgehead atoms. The molecule has 0 saturated carbocycles. The third kappa shape index (κ3) is 4.00. The number of allylic oxidation sites excluding steroid dienone is 6. The fraction of sp³-hybridized carbons (Fsp3) is 0.520. The number of halogens is 1. The van der Waals surface area contributed by atoms with E-state index in [-0.39, 0.29) is 5.03 Å². The lowest BCUT2D eigenvalue weighted by molar-refractivity contribution is -0.237. The number of esters is 1. The molecule has 1 fully saturated rings. The monoisotopic (exact) mass is 462 g/mol. The van der Waals surface area contributed by atoms with E-state index in [0.29, 0.717) is 22.8 Å². The van der Waals surface area contributed by atoms with Gasteiger partial charge in [-0.25, -0.2) is 0 Å². The number of Topliss-reactive ketones (excluding diaryl/α,β-unsaturated/α-hetero) is 1. The minimum Gasteiger partial charge on any atom is -0.469 e. The number of hydrogen-bond donors (Lipinski definition) is 0. The third-order valence-electron chi connectivity index (χ3n) is 6.61. The maximum Gasteiger partial charge on any atom is 0.314 e. The van der Waals surface area contributed by atoms with Gasteiger partial charge < -0.3 is 18.9 Å². The van der Waals surface area contributed by atoms with E-state index in [2.05, 4.69) is 19.9 Å². The maximum absolute atomic E-state index is 13.3. The number of carbonyl (C=O) groups is 2. The van der Waals surface area contributed by atoms with Crippen molar-refractivity contribution in [2.75, 3.05) is 14.2 Å². The first kappa shape index (κ1) is 24.5. The molecule has 0 N–H and O–H groups in total. The SMILES string of the molecule is CC[C@H](C)/C=C(C)/C=C/C1=CC2=C(Cl)C(=O)[C@]3(C)O[C@](C)(OC)[C@H](C(=O)OC)[C@H]3C2=CO1. The molecule has 1 saturated heterocycles. The van der Waals surface area contributed by atoms with Gasteiger partial charge in [0, 0.05) is 24.2 Å². The second-order valence-electron chi connectivity index (χ2n) is 8.83. The summed E-state index contributed by atoms with van der Waals surface area (Å²) in [5.41, 5.74) is 0.844. The molecular formula is C25H31ClO6. The average molecular weight is 463 g/mol. The highest BCUT2D eigenvalue weighted by Crippen LogP contribution is 2.57. The van der Waals surface area contributed by atoms with Crippen molar-refractivity contribution in [3.05, 3.63) is 58.1 Å². The Morgan fingerprint density at radius 2 is 2.03 bits per heavy atom. The molecule has 0 amide bonds. The molecule has 32 heavy (non-hydrogen) atoms. The second-order valence-corrected chi connectivity index (χ2v) is 9.21. The number of methoxy groups -OCH3 is 2. The van der Waals surface area contributed by atoms with E-state index in [0.717, 1.165) is 12.0 Å². The first-order chi connectivity index (χ1) is 15.0. The smallest absolute Gasteiger partial charge is 0.314 e. The van der Waals surface area contributed by atoms with E-state index < -0.39 is 35.0 Å². The topological polar surface area (TPSA) is 71.1 Å². The number of ketones is 1. The Balaban J connectivity index is 2.03. The first-order valence-electron chi connectivity index (χ1n) is 10.7. The molecule has 0 spiro atoms.